The molecule has 0 N–H and O–H groups in total. The van der Waals surface area contributed by atoms with Gasteiger partial charge >= 0.3 is 18.9 Å². The maximum atomic E-state index is 4.30. The first-order chi connectivity index (χ1) is 5.61. The van der Waals surface area contributed by atoms with Gasteiger partial charge in [0, 0.05) is 20.1 Å². The second-order valence-corrected chi connectivity index (χ2v) is 3.35. The summed E-state index contributed by atoms with van der Waals surface area (Å²) in [6.45, 7) is 4.97. The smallest absolute Gasteiger partial charge is 0.347 e. The monoisotopic (exact) mass is 175 g/mol. The van der Waals surface area contributed by atoms with Crippen molar-refractivity contribution in [1.82, 2.24) is 9.80 Å². The molecule has 0 saturated heterocycles. The van der Waals surface area contributed by atoms with E-state index < -0.39 is 0 Å². The molecule has 1 aliphatic rings. The molecule has 0 radical (unpaired) electrons. The van der Waals surface area contributed by atoms with Crippen LogP contribution in [0.4, 0.5) is 0 Å². The van der Waals surface area contributed by atoms with E-state index in [2.05, 4.69) is 28.7 Å². The SMILES string of the molecule is CC(C)N1C=NC(N(C)C)=NC1.[Li+]. The molecule has 4 nitrogen and oxygen atoms in total. The molecule has 0 aromatic carbocycles. The van der Waals surface area contributed by atoms with E-state index in [1.54, 1.807) is 0 Å². The van der Waals surface area contributed by atoms with Gasteiger partial charge in [-0.25, -0.2) is 9.98 Å². The van der Waals surface area contributed by atoms with Gasteiger partial charge in [0.15, 0.2) is 0 Å². The van der Waals surface area contributed by atoms with Crippen LogP contribution >= 0.6 is 0 Å². The first kappa shape index (κ1) is 12.5. The molecule has 1 rings (SSSR count). The Morgan fingerprint density at radius 2 is 2.08 bits per heavy atom. The molecule has 0 fully saturated rings. The third-order valence-corrected chi connectivity index (χ3v) is 1.76. The van der Waals surface area contributed by atoms with Gasteiger partial charge in [-0.2, -0.15) is 0 Å². The van der Waals surface area contributed by atoms with E-state index in [0.29, 0.717) is 12.7 Å². The fourth-order valence-electron chi connectivity index (χ4n) is 0.902. The molecule has 0 amide bonds. The molecule has 0 aliphatic carbocycles. The Bertz CT molecular complexity index is 210. The van der Waals surface area contributed by atoms with E-state index in [9.17, 15) is 0 Å². The molecular weight excluding hydrogens is 159 g/mol. The number of hydrogen-bond acceptors (Lipinski definition) is 4. The van der Waals surface area contributed by atoms with Gasteiger partial charge in [0.05, 0.1) is 6.34 Å². The van der Waals surface area contributed by atoms with E-state index in [0.717, 1.165) is 5.96 Å². The number of rotatable bonds is 1. The molecule has 1 aliphatic heterocycles. The van der Waals surface area contributed by atoms with Crippen molar-refractivity contribution in [3.63, 3.8) is 0 Å². The summed E-state index contributed by atoms with van der Waals surface area (Å²) in [6, 6.07) is 0.473. The third-order valence-electron chi connectivity index (χ3n) is 1.76. The second-order valence-electron chi connectivity index (χ2n) is 3.35. The van der Waals surface area contributed by atoms with Crippen molar-refractivity contribution in [3.8, 4) is 0 Å². The number of hydrogen-bond donors (Lipinski definition) is 0. The maximum absolute atomic E-state index is 4.30. The summed E-state index contributed by atoms with van der Waals surface area (Å²) in [5.41, 5.74) is 0. The van der Waals surface area contributed by atoms with Crippen molar-refractivity contribution in [1.29, 1.82) is 0 Å². The van der Waals surface area contributed by atoms with E-state index in [1.807, 2.05) is 25.3 Å². The van der Waals surface area contributed by atoms with Crippen LogP contribution in [-0.4, -0.2) is 48.9 Å². The van der Waals surface area contributed by atoms with Gasteiger partial charge in [-0.1, -0.05) is 0 Å². The Hall–Kier alpha value is -0.463. The molecule has 0 aromatic heterocycles. The molecule has 0 atom stereocenters. The minimum atomic E-state index is 0. The first-order valence-electron chi connectivity index (χ1n) is 4.13. The van der Waals surface area contributed by atoms with Crippen LogP contribution in [-0.2, 0) is 0 Å². The van der Waals surface area contributed by atoms with Crippen LogP contribution in [0.15, 0.2) is 9.98 Å². The summed E-state index contributed by atoms with van der Waals surface area (Å²) >= 11 is 0. The number of aliphatic imine (C=N–C) groups is 2. The summed E-state index contributed by atoms with van der Waals surface area (Å²) in [4.78, 5) is 12.5. The van der Waals surface area contributed by atoms with Crippen molar-refractivity contribution in [2.24, 2.45) is 9.98 Å². The van der Waals surface area contributed by atoms with Crippen LogP contribution in [0.2, 0.25) is 0 Å². The molecule has 0 spiro atoms. The van der Waals surface area contributed by atoms with Crippen LogP contribution in [0.25, 0.3) is 0 Å². The van der Waals surface area contributed by atoms with Crippen molar-refractivity contribution >= 4 is 12.3 Å². The van der Waals surface area contributed by atoms with Crippen LogP contribution in [0, 0.1) is 0 Å². The number of nitrogens with zero attached hydrogens (tertiary/aromatic N) is 4. The van der Waals surface area contributed by atoms with Gasteiger partial charge in [-0.05, 0) is 13.8 Å². The third kappa shape index (κ3) is 3.41. The largest absolute Gasteiger partial charge is 1.00 e. The Labute approximate surface area is 91.9 Å². The van der Waals surface area contributed by atoms with Gasteiger partial charge in [0.25, 0.3) is 0 Å². The molecular formula is C8H16LiN4+. The second kappa shape index (κ2) is 5.31. The van der Waals surface area contributed by atoms with E-state index in [-0.39, 0.29) is 18.9 Å². The molecule has 0 bridgehead atoms. The molecule has 5 heteroatoms. The van der Waals surface area contributed by atoms with E-state index >= 15 is 0 Å². The van der Waals surface area contributed by atoms with Gasteiger partial charge in [-0.15, -0.1) is 0 Å². The Balaban J connectivity index is 0.00000144. The zero-order chi connectivity index (χ0) is 9.14. The summed E-state index contributed by atoms with van der Waals surface area (Å²) in [7, 11) is 3.89. The van der Waals surface area contributed by atoms with Crippen LogP contribution in [0.3, 0.4) is 0 Å². The quantitative estimate of drug-likeness (QED) is 0.417. The molecule has 0 aromatic rings. The topological polar surface area (TPSA) is 31.2 Å². The summed E-state index contributed by atoms with van der Waals surface area (Å²) in [5.74, 6) is 0.798. The van der Waals surface area contributed by atoms with Gasteiger partial charge < -0.3 is 9.80 Å². The van der Waals surface area contributed by atoms with E-state index in [4.69, 9.17) is 0 Å². The maximum Gasteiger partial charge on any atom is 1.00 e. The minimum Gasteiger partial charge on any atom is -0.347 e. The summed E-state index contributed by atoms with van der Waals surface area (Å²) < 4.78 is 0. The predicted octanol–water partition coefficient (Wildman–Crippen LogP) is -2.38. The van der Waals surface area contributed by atoms with E-state index in [1.165, 1.54) is 0 Å². The van der Waals surface area contributed by atoms with Gasteiger partial charge in [0.1, 0.15) is 6.67 Å². The minimum absolute atomic E-state index is 0. The van der Waals surface area contributed by atoms with Crippen molar-refractivity contribution < 1.29 is 18.9 Å². The Morgan fingerprint density at radius 1 is 1.46 bits per heavy atom. The Kier molecular flexibility index (Phi) is 5.12. The number of guanidine groups is 1. The molecule has 68 valence electrons. The standard InChI is InChI=1S/C8H16N4.Li/c1-7(2)12-5-9-8(10-6-12)11(3)4;/h5,7H,6H2,1-4H3;/q;+1. The van der Waals surface area contributed by atoms with Gasteiger partial charge in [-0.3, -0.25) is 0 Å². The fraction of sp³-hybridized carbons (Fsp3) is 0.750. The molecule has 13 heavy (non-hydrogen) atoms. The molecule has 1 heterocycles. The van der Waals surface area contributed by atoms with Crippen molar-refractivity contribution in [2.75, 3.05) is 20.8 Å². The molecule has 0 saturated carbocycles. The van der Waals surface area contributed by atoms with Crippen LogP contribution in [0.5, 0.6) is 0 Å². The normalized spacial score (nSPS) is 15.5. The van der Waals surface area contributed by atoms with Crippen molar-refractivity contribution in [3.05, 3.63) is 0 Å². The van der Waals surface area contributed by atoms with Crippen LogP contribution in [0.1, 0.15) is 13.8 Å². The molecule has 0 unspecified atom stereocenters. The zero-order valence-corrected chi connectivity index (χ0v) is 9.15. The average molecular weight is 175 g/mol. The Morgan fingerprint density at radius 3 is 2.38 bits per heavy atom. The average Bonchev–Trinajstić information content (AvgIpc) is 2.04. The van der Waals surface area contributed by atoms with Crippen LogP contribution < -0.4 is 18.9 Å². The summed E-state index contributed by atoms with van der Waals surface area (Å²) in [6.07, 6.45) is 1.85. The fourth-order valence-corrected chi connectivity index (χ4v) is 0.902. The summed E-state index contributed by atoms with van der Waals surface area (Å²) in [5, 5.41) is 0. The van der Waals surface area contributed by atoms with Gasteiger partial charge in [0.2, 0.25) is 5.96 Å². The first-order valence-corrected chi connectivity index (χ1v) is 4.13. The van der Waals surface area contributed by atoms with Crippen molar-refractivity contribution in [2.45, 2.75) is 19.9 Å². The zero-order valence-electron chi connectivity index (χ0n) is 9.15. The predicted molar refractivity (Wildman–Crippen MR) is 51.5 cm³/mol.